The molecule has 3 heteroatoms. The molecule has 0 bridgehead atoms. The average Bonchev–Trinajstić information content (AvgIpc) is 2.27. The fraction of sp³-hybridized carbons (Fsp3) is 0.538. The van der Waals surface area contributed by atoms with Gasteiger partial charge in [-0.2, -0.15) is 0 Å². The maximum Gasteiger partial charge on any atom is 0.122 e. The number of aliphatic hydroxyl groups excluding tert-OH is 1. The number of nitrogens with two attached hydrogens (primary N) is 1. The van der Waals surface area contributed by atoms with Gasteiger partial charge in [0.25, 0.3) is 0 Å². The Morgan fingerprint density at radius 2 is 2.06 bits per heavy atom. The fourth-order valence-electron chi connectivity index (χ4n) is 1.91. The van der Waals surface area contributed by atoms with Gasteiger partial charge in [0.15, 0.2) is 0 Å². The molecule has 0 saturated heterocycles. The van der Waals surface area contributed by atoms with Crippen LogP contribution in [0.25, 0.3) is 0 Å². The highest BCUT2D eigenvalue weighted by molar-refractivity contribution is 5.37. The van der Waals surface area contributed by atoms with Crippen LogP contribution >= 0.6 is 0 Å². The molecule has 16 heavy (non-hydrogen) atoms. The van der Waals surface area contributed by atoms with E-state index in [1.807, 2.05) is 38.1 Å². The molecule has 0 saturated carbocycles. The van der Waals surface area contributed by atoms with Crippen molar-refractivity contribution >= 4 is 0 Å². The number of hydrogen-bond donors (Lipinski definition) is 2. The van der Waals surface area contributed by atoms with Gasteiger partial charge in [-0.15, -0.1) is 0 Å². The van der Waals surface area contributed by atoms with Crippen molar-refractivity contribution in [1.29, 1.82) is 0 Å². The van der Waals surface area contributed by atoms with Gasteiger partial charge in [0, 0.05) is 18.6 Å². The molecule has 1 aromatic rings. The maximum absolute atomic E-state index is 9.07. The Balaban J connectivity index is 2.97. The highest BCUT2D eigenvalue weighted by Gasteiger charge is 2.19. The zero-order valence-electron chi connectivity index (χ0n) is 10.0. The van der Waals surface area contributed by atoms with Crippen LogP contribution in [0.1, 0.15) is 31.7 Å². The molecule has 0 heterocycles. The molecule has 0 spiro atoms. The smallest absolute Gasteiger partial charge is 0.122 e. The molecule has 0 amide bonds. The third-order valence-corrected chi connectivity index (χ3v) is 2.69. The number of rotatable bonds is 6. The van der Waals surface area contributed by atoms with Crippen molar-refractivity contribution in [3.8, 4) is 5.75 Å². The summed E-state index contributed by atoms with van der Waals surface area (Å²) in [6.45, 7) is 4.71. The minimum atomic E-state index is 0.00811. The van der Waals surface area contributed by atoms with Gasteiger partial charge < -0.3 is 15.6 Å². The van der Waals surface area contributed by atoms with Crippen molar-refractivity contribution in [1.82, 2.24) is 0 Å². The quantitative estimate of drug-likeness (QED) is 0.774. The van der Waals surface area contributed by atoms with E-state index in [0.717, 1.165) is 11.3 Å². The molecule has 0 aliphatic heterocycles. The van der Waals surface area contributed by atoms with E-state index in [9.17, 15) is 0 Å². The Morgan fingerprint density at radius 3 is 2.62 bits per heavy atom. The van der Waals surface area contributed by atoms with E-state index in [1.54, 1.807) is 0 Å². The fourth-order valence-corrected chi connectivity index (χ4v) is 1.91. The van der Waals surface area contributed by atoms with E-state index in [4.69, 9.17) is 15.6 Å². The Kier molecular flexibility index (Phi) is 5.29. The van der Waals surface area contributed by atoms with Crippen molar-refractivity contribution in [3.05, 3.63) is 29.8 Å². The van der Waals surface area contributed by atoms with Crippen molar-refractivity contribution in [2.45, 2.75) is 32.2 Å². The molecule has 2 atom stereocenters. The van der Waals surface area contributed by atoms with Gasteiger partial charge in [0.1, 0.15) is 5.75 Å². The molecule has 90 valence electrons. The summed E-state index contributed by atoms with van der Waals surface area (Å²) >= 11 is 0. The predicted octanol–water partition coefficient (Wildman–Crippen LogP) is 1.90. The molecule has 0 radical (unpaired) electrons. The Morgan fingerprint density at radius 1 is 1.38 bits per heavy atom. The van der Waals surface area contributed by atoms with Crippen LogP contribution in [0.2, 0.25) is 0 Å². The lowest BCUT2D eigenvalue weighted by atomic mass is 9.89. The number of para-hydroxylation sites is 1. The van der Waals surface area contributed by atoms with E-state index in [2.05, 4.69) is 0 Å². The monoisotopic (exact) mass is 223 g/mol. The summed E-state index contributed by atoms with van der Waals surface area (Å²) < 4.78 is 5.58. The molecule has 0 aliphatic rings. The van der Waals surface area contributed by atoms with Gasteiger partial charge in [-0.25, -0.2) is 0 Å². The van der Waals surface area contributed by atoms with E-state index in [0.29, 0.717) is 13.0 Å². The summed E-state index contributed by atoms with van der Waals surface area (Å²) in [7, 11) is 0. The first-order valence-corrected chi connectivity index (χ1v) is 5.78. The van der Waals surface area contributed by atoms with Crippen molar-refractivity contribution < 1.29 is 9.84 Å². The van der Waals surface area contributed by atoms with E-state index < -0.39 is 0 Å². The van der Waals surface area contributed by atoms with Crippen molar-refractivity contribution in [2.24, 2.45) is 5.73 Å². The van der Waals surface area contributed by atoms with Crippen molar-refractivity contribution in [2.75, 3.05) is 13.2 Å². The van der Waals surface area contributed by atoms with Crippen LogP contribution < -0.4 is 10.5 Å². The van der Waals surface area contributed by atoms with Crippen LogP contribution in [-0.2, 0) is 0 Å². The summed E-state index contributed by atoms with van der Waals surface area (Å²) in [5.74, 6) is 1.02. The lowest BCUT2D eigenvalue weighted by Crippen LogP contribution is -2.26. The molecule has 0 aromatic heterocycles. The van der Waals surface area contributed by atoms with Crippen LogP contribution in [0.5, 0.6) is 5.75 Å². The van der Waals surface area contributed by atoms with Crippen LogP contribution in [0.3, 0.4) is 0 Å². The molecule has 3 N–H and O–H groups in total. The van der Waals surface area contributed by atoms with Crippen LogP contribution in [0, 0.1) is 0 Å². The molecule has 0 aliphatic carbocycles. The molecule has 2 unspecified atom stereocenters. The zero-order valence-corrected chi connectivity index (χ0v) is 10.0. The summed E-state index contributed by atoms with van der Waals surface area (Å²) in [6, 6.07) is 7.91. The molecular weight excluding hydrogens is 202 g/mol. The second-order valence-corrected chi connectivity index (χ2v) is 3.95. The molecule has 0 fully saturated rings. The van der Waals surface area contributed by atoms with Gasteiger partial charge in [-0.1, -0.05) is 18.2 Å². The van der Waals surface area contributed by atoms with Gasteiger partial charge in [0.2, 0.25) is 0 Å². The Hall–Kier alpha value is -1.06. The highest BCUT2D eigenvalue weighted by atomic mass is 16.5. The summed E-state index contributed by atoms with van der Waals surface area (Å²) in [5, 5.41) is 9.07. The minimum Gasteiger partial charge on any atom is -0.494 e. The molecule has 3 nitrogen and oxygen atoms in total. The molecule has 1 rings (SSSR count). The average molecular weight is 223 g/mol. The Labute approximate surface area is 97.2 Å². The topological polar surface area (TPSA) is 55.5 Å². The normalized spacial score (nSPS) is 14.5. The number of aliphatic hydroxyl groups is 1. The van der Waals surface area contributed by atoms with Gasteiger partial charge >= 0.3 is 0 Å². The third-order valence-electron chi connectivity index (χ3n) is 2.69. The van der Waals surface area contributed by atoms with Gasteiger partial charge in [-0.3, -0.25) is 0 Å². The van der Waals surface area contributed by atoms with Gasteiger partial charge in [-0.05, 0) is 31.9 Å². The third kappa shape index (κ3) is 3.22. The number of hydrogen-bond acceptors (Lipinski definition) is 3. The van der Waals surface area contributed by atoms with Crippen LogP contribution in [-0.4, -0.2) is 24.4 Å². The van der Waals surface area contributed by atoms with Crippen LogP contribution in [0.15, 0.2) is 24.3 Å². The van der Waals surface area contributed by atoms with E-state index in [-0.39, 0.29) is 18.6 Å². The standard InChI is InChI=1S/C13H21NO2/c1-3-16-13-7-5-4-6-12(13)11(8-9-15)10(2)14/h4-7,10-11,15H,3,8-9,14H2,1-2H3. The SMILES string of the molecule is CCOc1ccccc1C(CCO)C(C)N. The second kappa shape index (κ2) is 6.51. The highest BCUT2D eigenvalue weighted by Crippen LogP contribution is 2.30. The molecular formula is C13H21NO2. The lowest BCUT2D eigenvalue weighted by Gasteiger charge is -2.22. The second-order valence-electron chi connectivity index (χ2n) is 3.95. The lowest BCUT2D eigenvalue weighted by molar-refractivity contribution is 0.265. The van der Waals surface area contributed by atoms with E-state index >= 15 is 0 Å². The predicted molar refractivity (Wildman–Crippen MR) is 65.7 cm³/mol. The number of ether oxygens (including phenoxy) is 1. The molecule has 1 aromatic carbocycles. The van der Waals surface area contributed by atoms with Gasteiger partial charge in [0.05, 0.1) is 6.61 Å². The maximum atomic E-state index is 9.07. The zero-order chi connectivity index (χ0) is 12.0. The number of benzene rings is 1. The summed E-state index contributed by atoms with van der Waals surface area (Å²) in [5.41, 5.74) is 7.04. The Bertz CT molecular complexity index is 313. The summed E-state index contributed by atoms with van der Waals surface area (Å²) in [6.07, 6.45) is 0.668. The summed E-state index contributed by atoms with van der Waals surface area (Å²) in [4.78, 5) is 0. The first-order chi connectivity index (χ1) is 7.70. The van der Waals surface area contributed by atoms with Crippen LogP contribution in [0.4, 0.5) is 0 Å². The largest absolute Gasteiger partial charge is 0.494 e. The minimum absolute atomic E-state index is 0.00811. The van der Waals surface area contributed by atoms with E-state index in [1.165, 1.54) is 0 Å². The first kappa shape index (κ1) is 13.0. The van der Waals surface area contributed by atoms with Crippen molar-refractivity contribution in [3.63, 3.8) is 0 Å². The first-order valence-electron chi connectivity index (χ1n) is 5.78.